The number of aromatic nitrogens is 1. The van der Waals surface area contributed by atoms with Crippen LogP contribution in [0.3, 0.4) is 0 Å². The Balaban J connectivity index is 0.000000190. The maximum absolute atomic E-state index is 10.7. The summed E-state index contributed by atoms with van der Waals surface area (Å²) in [6, 6.07) is 19.7. The number of aliphatic hydroxyl groups is 2. The van der Waals surface area contributed by atoms with E-state index in [-0.39, 0.29) is 49.1 Å². The Labute approximate surface area is 224 Å². The molecule has 4 heteroatoms. The van der Waals surface area contributed by atoms with E-state index < -0.39 is 0 Å². The van der Waals surface area contributed by atoms with Gasteiger partial charge in [0.2, 0.25) is 0 Å². The fraction of sp³-hybridized carbons (Fsp3) is 0.516. The van der Waals surface area contributed by atoms with Gasteiger partial charge < -0.3 is 15.2 Å². The van der Waals surface area contributed by atoms with E-state index in [1.54, 1.807) is 0 Å². The number of nitrogens with zero attached hydrogens (tertiary/aromatic N) is 1. The molecule has 1 radical (unpaired) electrons. The fourth-order valence-electron chi connectivity index (χ4n) is 5.99. The molecular formula is C31H40IrNO2-. The molecule has 3 nitrogen and oxygen atoms in total. The van der Waals surface area contributed by atoms with E-state index in [0.717, 1.165) is 24.1 Å². The molecule has 0 spiro atoms. The molecule has 2 aromatic carbocycles. The monoisotopic (exact) mass is 651 g/mol. The van der Waals surface area contributed by atoms with Crippen LogP contribution in [0.4, 0.5) is 0 Å². The first-order valence-electron chi connectivity index (χ1n) is 12.8. The van der Waals surface area contributed by atoms with E-state index in [9.17, 15) is 10.2 Å². The molecule has 0 amide bonds. The van der Waals surface area contributed by atoms with Gasteiger partial charge in [0.25, 0.3) is 0 Å². The van der Waals surface area contributed by atoms with Crippen LogP contribution in [0.1, 0.15) is 65.4 Å². The smallest absolute Gasteiger partial charge is 0.0646 e. The summed E-state index contributed by atoms with van der Waals surface area (Å²) in [5.74, 6) is 0.603. The van der Waals surface area contributed by atoms with Gasteiger partial charge >= 0.3 is 0 Å². The summed E-state index contributed by atoms with van der Waals surface area (Å²) in [4.78, 5) is 4.48. The van der Waals surface area contributed by atoms with Crippen molar-refractivity contribution in [1.29, 1.82) is 0 Å². The molecule has 5 rings (SSSR count). The summed E-state index contributed by atoms with van der Waals surface area (Å²) >= 11 is 0. The molecule has 0 aliphatic heterocycles. The number of fused-ring (bicyclic) bond motifs is 2. The van der Waals surface area contributed by atoms with Gasteiger partial charge in [-0.2, -0.15) is 0 Å². The van der Waals surface area contributed by atoms with Crippen LogP contribution in [0.15, 0.2) is 54.7 Å². The summed E-state index contributed by atoms with van der Waals surface area (Å²) in [7, 11) is 0. The first-order valence-corrected chi connectivity index (χ1v) is 12.8. The van der Waals surface area contributed by atoms with Crippen molar-refractivity contribution in [2.45, 2.75) is 78.9 Å². The topological polar surface area (TPSA) is 53.4 Å². The first-order chi connectivity index (χ1) is 16.1. The van der Waals surface area contributed by atoms with Gasteiger partial charge in [0.15, 0.2) is 0 Å². The normalized spacial score (nSPS) is 26.9. The number of hydrogen-bond donors (Lipinski definition) is 2. The molecule has 2 fully saturated rings. The van der Waals surface area contributed by atoms with E-state index >= 15 is 0 Å². The van der Waals surface area contributed by atoms with Crippen LogP contribution in [-0.2, 0) is 20.1 Å². The van der Waals surface area contributed by atoms with Crippen LogP contribution in [0.2, 0.25) is 0 Å². The number of rotatable bonds is 1. The number of aliphatic hydroxyl groups excluding tert-OH is 2. The molecular weight excluding hydrogens is 611 g/mol. The molecule has 191 valence electrons. The summed E-state index contributed by atoms with van der Waals surface area (Å²) in [6.07, 6.45) is 6.85. The zero-order valence-electron chi connectivity index (χ0n) is 21.7. The molecule has 1 heterocycles. The second kappa shape index (κ2) is 11.2. The SMILES string of the molecule is CC1(C)CCCC2CCC(C)(C)C(O)C2C1O.Cc1ccc2c(-c3[c-]cccc3)nccc2c1.[Ir]. The number of aryl methyl sites for hydroxylation is 1. The van der Waals surface area contributed by atoms with Gasteiger partial charge in [-0.15, -0.1) is 35.9 Å². The van der Waals surface area contributed by atoms with Crippen LogP contribution in [0, 0.1) is 35.7 Å². The van der Waals surface area contributed by atoms with Crippen molar-refractivity contribution in [1.82, 2.24) is 4.98 Å². The molecule has 1 aromatic heterocycles. The maximum Gasteiger partial charge on any atom is 0.0646 e. The summed E-state index contributed by atoms with van der Waals surface area (Å²) in [6.45, 7) is 10.7. The van der Waals surface area contributed by atoms with Gasteiger partial charge in [0, 0.05) is 32.2 Å². The van der Waals surface area contributed by atoms with E-state index in [0.29, 0.717) is 5.92 Å². The standard InChI is InChI=1S/C16H12N.C15H28O2.Ir/c1-12-7-8-15-14(11-12)9-10-17-16(15)13-5-3-2-4-6-13;1-14(2)8-5-6-10-7-9-15(3,4)13(17)11(10)12(14)16;/h2-5,7-11H,1H3;10-13,16-17H,5-9H2,1-4H3;/q-1;;. The van der Waals surface area contributed by atoms with Crippen LogP contribution < -0.4 is 0 Å². The number of hydrogen-bond acceptors (Lipinski definition) is 3. The quantitative estimate of drug-likeness (QED) is 0.280. The minimum absolute atomic E-state index is 0. The predicted molar refractivity (Wildman–Crippen MR) is 140 cm³/mol. The van der Waals surface area contributed by atoms with Crippen LogP contribution >= 0.6 is 0 Å². The molecule has 35 heavy (non-hydrogen) atoms. The van der Waals surface area contributed by atoms with Gasteiger partial charge in [-0.1, -0.05) is 57.9 Å². The van der Waals surface area contributed by atoms with Crippen molar-refractivity contribution in [2.24, 2.45) is 22.7 Å². The number of pyridine rings is 1. The van der Waals surface area contributed by atoms with Crippen LogP contribution in [0.25, 0.3) is 22.0 Å². The van der Waals surface area contributed by atoms with Crippen molar-refractivity contribution in [3.63, 3.8) is 0 Å². The van der Waals surface area contributed by atoms with Gasteiger partial charge in [-0.25, -0.2) is 0 Å². The van der Waals surface area contributed by atoms with Crippen molar-refractivity contribution >= 4 is 10.8 Å². The van der Waals surface area contributed by atoms with E-state index in [1.807, 2.05) is 30.5 Å². The van der Waals surface area contributed by atoms with Gasteiger partial charge in [0.05, 0.1) is 12.2 Å². The zero-order valence-corrected chi connectivity index (χ0v) is 24.1. The third-order valence-electron chi connectivity index (χ3n) is 8.31. The molecule has 4 unspecified atom stereocenters. The second-order valence-corrected chi connectivity index (χ2v) is 11.8. The Hall–Kier alpha value is -1.58. The largest absolute Gasteiger partial charge is 0.392 e. The zero-order chi connectivity index (χ0) is 24.5. The van der Waals surface area contributed by atoms with Crippen molar-refractivity contribution in [3.8, 4) is 11.3 Å². The van der Waals surface area contributed by atoms with Gasteiger partial charge in [0.1, 0.15) is 0 Å². The van der Waals surface area contributed by atoms with Gasteiger partial charge in [-0.05, 0) is 71.9 Å². The predicted octanol–water partition coefficient (Wildman–Crippen LogP) is 6.98. The van der Waals surface area contributed by atoms with E-state index in [2.05, 4.69) is 69.9 Å². The Morgan fingerprint density at radius 1 is 0.914 bits per heavy atom. The van der Waals surface area contributed by atoms with E-state index in [4.69, 9.17) is 0 Å². The molecule has 4 atom stereocenters. The van der Waals surface area contributed by atoms with Gasteiger partial charge in [-0.3, -0.25) is 0 Å². The summed E-state index contributed by atoms with van der Waals surface area (Å²) in [5, 5.41) is 23.7. The molecule has 2 saturated carbocycles. The third kappa shape index (κ3) is 6.05. The third-order valence-corrected chi connectivity index (χ3v) is 8.31. The molecule has 0 bridgehead atoms. The summed E-state index contributed by atoms with van der Waals surface area (Å²) in [5.41, 5.74) is 3.23. The molecule has 2 aliphatic carbocycles. The maximum atomic E-state index is 10.7. The average Bonchev–Trinajstić information content (AvgIpc) is 2.92. The Morgan fingerprint density at radius 2 is 1.63 bits per heavy atom. The first kappa shape index (κ1) is 28.0. The van der Waals surface area contributed by atoms with E-state index in [1.165, 1.54) is 35.6 Å². The molecule has 0 saturated heterocycles. The molecule has 3 aromatic rings. The van der Waals surface area contributed by atoms with Crippen molar-refractivity contribution < 1.29 is 30.3 Å². The fourth-order valence-corrected chi connectivity index (χ4v) is 5.99. The number of benzene rings is 2. The minimum Gasteiger partial charge on any atom is -0.392 e. The Kier molecular flexibility index (Phi) is 8.97. The van der Waals surface area contributed by atoms with Crippen molar-refractivity contribution in [2.75, 3.05) is 0 Å². The molecule has 2 aliphatic rings. The van der Waals surface area contributed by atoms with Crippen LogP contribution in [0.5, 0.6) is 0 Å². The Morgan fingerprint density at radius 3 is 2.31 bits per heavy atom. The minimum atomic E-state index is -0.357. The Bertz CT molecular complexity index is 1110. The average molecular weight is 651 g/mol. The second-order valence-electron chi connectivity index (χ2n) is 11.8. The summed E-state index contributed by atoms with van der Waals surface area (Å²) < 4.78 is 0. The van der Waals surface area contributed by atoms with Crippen LogP contribution in [-0.4, -0.2) is 27.4 Å². The van der Waals surface area contributed by atoms with Crippen molar-refractivity contribution in [3.05, 3.63) is 66.4 Å². The molecule has 2 N–H and O–H groups in total.